The van der Waals surface area contributed by atoms with Crippen LogP contribution < -0.4 is 5.32 Å². The van der Waals surface area contributed by atoms with Crippen LogP contribution in [0.2, 0.25) is 0 Å². The van der Waals surface area contributed by atoms with Crippen molar-refractivity contribution in [3.63, 3.8) is 0 Å². The van der Waals surface area contributed by atoms with Crippen molar-refractivity contribution in [3.8, 4) is 0 Å². The van der Waals surface area contributed by atoms with E-state index in [-0.39, 0.29) is 12.1 Å². The Morgan fingerprint density at radius 1 is 1.04 bits per heavy atom. The van der Waals surface area contributed by atoms with Crippen molar-refractivity contribution in [1.82, 2.24) is 14.8 Å². The number of nitrogens with one attached hydrogen (secondary N) is 1. The van der Waals surface area contributed by atoms with Gasteiger partial charge < -0.3 is 5.32 Å². The summed E-state index contributed by atoms with van der Waals surface area (Å²) in [5.74, 6) is 0.838. The lowest BCUT2D eigenvalue weighted by atomic mass is 9.93. The number of fused-ring (bicyclic) bond motifs is 1. The number of benzene rings is 2. The molecule has 116 valence electrons. The maximum Gasteiger partial charge on any atom is 0.222 e. The molecule has 3 aromatic rings. The van der Waals surface area contributed by atoms with Crippen LogP contribution >= 0.6 is 22.6 Å². The molecule has 1 aromatic heterocycles. The summed E-state index contributed by atoms with van der Waals surface area (Å²) in [4.78, 5) is 4.38. The highest BCUT2D eigenvalue weighted by Crippen LogP contribution is 2.37. The molecule has 1 aliphatic heterocycles. The number of halogens is 1. The standard InChI is InChI=1S/C18H17IN4/c1-12-2-4-14(5-3-12)17-10-16(13-6-8-15(19)9-7-13)22-18-20-11-21-23(17)18/h2-9,11,16-17H,10H2,1H3,(H,20,21,22)/t16-,17-/m0/s1. The zero-order chi connectivity index (χ0) is 15.8. The molecule has 4 nitrogen and oxygen atoms in total. The number of hydrogen-bond acceptors (Lipinski definition) is 3. The normalized spacial score (nSPS) is 19.9. The molecule has 1 N–H and O–H groups in total. The number of rotatable bonds is 2. The third-order valence-corrected chi connectivity index (χ3v) is 5.08. The molecule has 23 heavy (non-hydrogen) atoms. The molecular weight excluding hydrogens is 399 g/mol. The molecular formula is C18H17IN4. The summed E-state index contributed by atoms with van der Waals surface area (Å²) in [6.45, 7) is 2.11. The fourth-order valence-electron chi connectivity index (χ4n) is 3.10. The highest BCUT2D eigenvalue weighted by Gasteiger charge is 2.29. The molecule has 2 heterocycles. The molecule has 1 aliphatic rings. The van der Waals surface area contributed by atoms with Crippen LogP contribution in [0.1, 0.15) is 35.2 Å². The summed E-state index contributed by atoms with van der Waals surface area (Å²) in [6, 6.07) is 17.9. The molecule has 0 radical (unpaired) electrons. The van der Waals surface area contributed by atoms with Crippen LogP contribution in [0.15, 0.2) is 54.9 Å². The number of aryl methyl sites for hydroxylation is 1. The van der Waals surface area contributed by atoms with Gasteiger partial charge in [0.1, 0.15) is 6.33 Å². The van der Waals surface area contributed by atoms with E-state index in [4.69, 9.17) is 0 Å². The summed E-state index contributed by atoms with van der Waals surface area (Å²) in [7, 11) is 0. The number of aromatic nitrogens is 3. The minimum absolute atomic E-state index is 0.207. The Kier molecular flexibility index (Phi) is 3.80. The molecule has 5 heteroatoms. The SMILES string of the molecule is Cc1ccc([C@@H]2C[C@@H](c3ccc(I)cc3)Nc3ncnn32)cc1. The highest BCUT2D eigenvalue weighted by atomic mass is 127. The van der Waals surface area contributed by atoms with Gasteiger partial charge in [0, 0.05) is 3.57 Å². The average Bonchev–Trinajstić information content (AvgIpc) is 3.04. The van der Waals surface area contributed by atoms with E-state index in [2.05, 4.69) is 93.4 Å². The van der Waals surface area contributed by atoms with Crippen molar-refractivity contribution in [2.24, 2.45) is 0 Å². The van der Waals surface area contributed by atoms with Crippen molar-refractivity contribution in [3.05, 3.63) is 75.1 Å². The van der Waals surface area contributed by atoms with Gasteiger partial charge in [0.25, 0.3) is 0 Å². The maximum atomic E-state index is 4.42. The predicted molar refractivity (Wildman–Crippen MR) is 99.5 cm³/mol. The van der Waals surface area contributed by atoms with Crippen molar-refractivity contribution in [2.75, 3.05) is 5.32 Å². The predicted octanol–water partition coefficient (Wildman–Crippen LogP) is 4.34. The topological polar surface area (TPSA) is 42.7 Å². The summed E-state index contributed by atoms with van der Waals surface area (Å²) in [6.07, 6.45) is 2.58. The smallest absolute Gasteiger partial charge is 0.222 e. The third kappa shape index (κ3) is 2.85. The van der Waals surface area contributed by atoms with E-state index in [0.29, 0.717) is 0 Å². The largest absolute Gasteiger partial charge is 0.348 e. The second-order valence-electron chi connectivity index (χ2n) is 5.94. The lowest BCUT2D eigenvalue weighted by molar-refractivity contribution is 0.431. The van der Waals surface area contributed by atoms with Crippen molar-refractivity contribution >= 4 is 28.5 Å². The molecule has 2 aromatic carbocycles. The lowest BCUT2D eigenvalue weighted by Crippen LogP contribution is -2.28. The second-order valence-corrected chi connectivity index (χ2v) is 7.18. The van der Waals surface area contributed by atoms with Crippen molar-refractivity contribution < 1.29 is 0 Å². The summed E-state index contributed by atoms with van der Waals surface area (Å²) in [5.41, 5.74) is 3.84. The molecule has 0 saturated heterocycles. The molecule has 0 saturated carbocycles. The van der Waals surface area contributed by atoms with Gasteiger partial charge in [-0.2, -0.15) is 10.1 Å². The first-order chi connectivity index (χ1) is 11.2. The molecule has 0 amide bonds. The highest BCUT2D eigenvalue weighted by molar-refractivity contribution is 14.1. The van der Waals surface area contributed by atoms with Crippen molar-refractivity contribution in [2.45, 2.75) is 25.4 Å². The van der Waals surface area contributed by atoms with E-state index in [1.165, 1.54) is 20.3 Å². The molecule has 0 spiro atoms. The Labute approximate surface area is 149 Å². The average molecular weight is 416 g/mol. The monoisotopic (exact) mass is 416 g/mol. The molecule has 0 bridgehead atoms. The molecule has 0 aliphatic carbocycles. The Morgan fingerprint density at radius 2 is 1.74 bits per heavy atom. The van der Waals surface area contributed by atoms with Gasteiger partial charge in [-0.15, -0.1) is 0 Å². The van der Waals surface area contributed by atoms with Gasteiger partial charge in [-0.3, -0.25) is 0 Å². The maximum absolute atomic E-state index is 4.42. The van der Waals surface area contributed by atoms with Gasteiger partial charge in [0.05, 0.1) is 12.1 Å². The fraction of sp³-hybridized carbons (Fsp3) is 0.222. The zero-order valence-corrected chi connectivity index (χ0v) is 14.9. The van der Waals surface area contributed by atoms with E-state index in [1.807, 2.05) is 4.68 Å². The first kappa shape index (κ1) is 14.7. The third-order valence-electron chi connectivity index (χ3n) is 4.37. The molecule has 4 rings (SSSR count). The van der Waals surface area contributed by atoms with Crippen LogP contribution in [-0.4, -0.2) is 14.8 Å². The second kappa shape index (κ2) is 5.96. The fourth-order valence-corrected chi connectivity index (χ4v) is 3.46. The zero-order valence-electron chi connectivity index (χ0n) is 12.8. The van der Waals surface area contributed by atoms with Crippen LogP contribution in [0, 0.1) is 10.5 Å². The van der Waals surface area contributed by atoms with Gasteiger partial charge in [-0.25, -0.2) is 4.68 Å². The first-order valence-corrected chi connectivity index (χ1v) is 8.76. The van der Waals surface area contributed by atoms with Crippen LogP contribution in [0.5, 0.6) is 0 Å². The summed E-state index contributed by atoms with van der Waals surface area (Å²) in [5, 5.41) is 7.93. The Balaban J connectivity index is 1.71. The quantitative estimate of drug-likeness (QED) is 0.633. The van der Waals surface area contributed by atoms with Crippen molar-refractivity contribution in [1.29, 1.82) is 0 Å². The van der Waals surface area contributed by atoms with Gasteiger partial charge in [-0.05, 0) is 59.2 Å². The van der Waals surface area contributed by atoms with Gasteiger partial charge >= 0.3 is 0 Å². The van der Waals surface area contributed by atoms with Crippen LogP contribution in [0.4, 0.5) is 5.95 Å². The van der Waals surface area contributed by atoms with Crippen LogP contribution in [0.25, 0.3) is 0 Å². The van der Waals surface area contributed by atoms with E-state index in [0.717, 1.165) is 12.4 Å². The minimum atomic E-state index is 0.207. The van der Waals surface area contributed by atoms with E-state index in [1.54, 1.807) is 6.33 Å². The number of hydrogen-bond donors (Lipinski definition) is 1. The van der Waals surface area contributed by atoms with Crippen LogP contribution in [0.3, 0.4) is 0 Å². The number of anilines is 1. The molecule has 0 unspecified atom stereocenters. The first-order valence-electron chi connectivity index (χ1n) is 7.69. The molecule has 2 atom stereocenters. The lowest BCUT2D eigenvalue weighted by Gasteiger charge is -2.32. The Morgan fingerprint density at radius 3 is 2.48 bits per heavy atom. The minimum Gasteiger partial charge on any atom is -0.348 e. The van der Waals surface area contributed by atoms with Gasteiger partial charge in [-0.1, -0.05) is 42.0 Å². The van der Waals surface area contributed by atoms with E-state index < -0.39 is 0 Å². The van der Waals surface area contributed by atoms with Gasteiger partial charge in [0.2, 0.25) is 5.95 Å². The van der Waals surface area contributed by atoms with E-state index in [9.17, 15) is 0 Å². The number of nitrogens with zero attached hydrogens (tertiary/aromatic N) is 3. The summed E-state index contributed by atoms with van der Waals surface area (Å²) >= 11 is 2.34. The van der Waals surface area contributed by atoms with Crippen LogP contribution in [-0.2, 0) is 0 Å². The Bertz CT molecular complexity index is 808. The summed E-state index contributed by atoms with van der Waals surface area (Å²) < 4.78 is 3.24. The van der Waals surface area contributed by atoms with E-state index >= 15 is 0 Å². The molecule has 0 fully saturated rings. The Hall–Kier alpha value is -1.89. The van der Waals surface area contributed by atoms with Gasteiger partial charge in [0.15, 0.2) is 0 Å².